The summed E-state index contributed by atoms with van der Waals surface area (Å²) >= 11 is 0. The summed E-state index contributed by atoms with van der Waals surface area (Å²) in [4.78, 5) is 0. The van der Waals surface area contributed by atoms with Crippen LogP contribution >= 0.6 is 0 Å². The highest BCUT2D eigenvalue weighted by atomic mass is 32.2. The highest BCUT2D eigenvalue weighted by Gasteiger charge is 2.30. The van der Waals surface area contributed by atoms with Gasteiger partial charge in [-0.05, 0) is 44.2 Å². The molecule has 1 saturated heterocycles. The topological polar surface area (TPSA) is 55.4 Å². The van der Waals surface area contributed by atoms with E-state index in [1.165, 1.54) is 5.57 Å². The Morgan fingerprint density at radius 3 is 2.94 bits per heavy atom. The molecule has 0 amide bonds. The van der Waals surface area contributed by atoms with E-state index in [9.17, 15) is 8.42 Å². The van der Waals surface area contributed by atoms with Crippen molar-refractivity contribution in [2.75, 3.05) is 25.2 Å². The minimum Gasteiger partial charge on any atom is -0.501 e. The first kappa shape index (κ1) is 12.9. The van der Waals surface area contributed by atoms with E-state index in [1.807, 2.05) is 13.3 Å². The Balaban J connectivity index is 1.94. The van der Waals surface area contributed by atoms with E-state index in [4.69, 9.17) is 4.74 Å². The maximum absolute atomic E-state index is 11.4. The lowest BCUT2D eigenvalue weighted by atomic mass is 9.92. The average molecular weight is 259 g/mol. The van der Waals surface area contributed by atoms with Crippen molar-refractivity contribution >= 4 is 9.84 Å². The van der Waals surface area contributed by atoms with Crippen molar-refractivity contribution in [3.63, 3.8) is 0 Å². The lowest BCUT2D eigenvalue weighted by Crippen LogP contribution is -2.31. The maximum Gasteiger partial charge on any atom is 0.150 e. The van der Waals surface area contributed by atoms with Crippen molar-refractivity contribution in [2.24, 2.45) is 5.92 Å². The van der Waals surface area contributed by atoms with Crippen molar-refractivity contribution < 1.29 is 13.2 Å². The van der Waals surface area contributed by atoms with Crippen molar-refractivity contribution in [3.05, 3.63) is 11.8 Å². The molecule has 2 atom stereocenters. The molecule has 0 radical (unpaired) electrons. The van der Waals surface area contributed by atoms with Crippen LogP contribution in [0.25, 0.3) is 0 Å². The van der Waals surface area contributed by atoms with Crippen molar-refractivity contribution in [3.8, 4) is 0 Å². The number of rotatable bonds is 4. The van der Waals surface area contributed by atoms with Crippen molar-refractivity contribution in [2.45, 2.75) is 31.7 Å². The van der Waals surface area contributed by atoms with Gasteiger partial charge >= 0.3 is 0 Å². The SMILES string of the molecule is CNC(CC1CCS(=O)(=O)C1)C1=COCCC1. The molecule has 0 aromatic carbocycles. The molecule has 1 N–H and O–H groups in total. The Bertz CT molecular complexity index is 389. The number of hydrogen-bond acceptors (Lipinski definition) is 4. The highest BCUT2D eigenvalue weighted by Crippen LogP contribution is 2.27. The van der Waals surface area contributed by atoms with E-state index in [1.54, 1.807) is 0 Å². The zero-order valence-electron chi connectivity index (χ0n) is 10.3. The Morgan fingerprint density at radius 1 is 1.59 bits per heavy atom. The van der Waals surface area contributed by atoms with Crippen molar-refractivity contribution in [1.82, 2.24) is 5.32 Å². The molecule has 0 aromatic heterocycles. The number of likely N-dealkylation sites (N-methyl/N-ethyl adjacent to an activating group) is 1. The van der Waals surface area contributed by atoms with E-state index in [-0.39, 0.29) is 6.04 Å². The number of sulfone groups is 1. The van der Waals surface area contributed by atoms with Gasteiger partial charge in [0.25, 0.3) is 0 Å². The molecule has 98 valence electrons. The molecule has 2 aliphatic heterocycles. The summed E-state index contributed by atoms with van der Waals surface area (Å²) < 4.78 is 28.2. The number of nitrogens with one attached hydrogen (secondary N) is 1. The summed E-state index contributed by atoms with van der Waals surface area (Å²) in [6.07, 6.45) is 5.70. The number of ether oxygens (including phenoxy) is 1. The van der Waals surface area contributed by atoms with Crippen LogP contribution in [0.2, 0.25) is 0 Å². The van der Waals surface area contributed by atoms with Gasteiger partial charge in [0.05, 0.1) is 24.4 Å². The summed E-state index contributed by atoms with van der Waals surface area (Å²) in [6, 6.07) is 0.272. The third-order valence-corrected chi connectivity index (χ3v) is 5.49. The van der Waals surface area contributed by atoms with Gasteiger partial charge in [0.1, 0.15) is 0 Å². The molecular weight excluding hydrogens is 238 g/mol. The molecule has 2 aliphatic rings. The second-order valence-electron chi connectivity index (χ2n) is 5.01. The van der Waals surface area contributed by atoms with Gasteiger partial charge in [0.2, 0.25) is 0 Å². The third kappa shape index (κ3) is 3.45. The van der Waals surface area contributed by atoms with Crippen LogP contribution in [0.15, 0.2) is 11.8 Å². The Kier molecular flexibility index (Phi) is 4.09. The van der Waals surface area contributed by atoms with Crippen LogP contribution in [-0.4, -0.2) is 39.6 Å². The van der Waals surface area contributed by atoms with Crippen LogP contribution in [0.3, 0.4) is 0 Å². The van der Waals surface area contributed by atoms with Gasteiger partial charge in [-0.15, -0.1) is 0 Å². The fourth-order valence-electron chi connectivity index (χ4n) is 2.69. The molecule has 1 fully saturated rings. The molecule has 0 bridgehead atoms. The van der Waals surface area contributed by atoms with Gasteiger partial charge in [-0.25, -0.2) is 8.42 Å². The fraction of sp³-hybridized carbons (Fsp3) is 0.833. The first-order valence-corrected chi connectivity index (χ1v) is 8.11. The summed E-state index contributed by atoms with van der Waals surface area (Å²) in [6.45, 7) is 0.803. The molecule has 0 aliphatic carbocycles. The van der Waals surface area contributed by atoms with Crippen LogP contribution in [-0.2, 0) is 14.6 Å². The fourth-order valence-corrected chi connectivity index (χ4v) is 4.57. The second-order valence-corrected chi connectivity index (χ2v) is 7.24. The Morgan fingerprint density at radius 2 is 2.41 bits per heavy atom. The van der Waals surface area contributed by atoms with Gasteiger partial charge in [-0.1, -0.05) is 0 Å². The maximum atomic E-state index is 11.4. The smallest absolute Gasteiger partial charge is 0.150 e. The molecule has 2 rings (SSSR count). The van der Waals surface area contributed by atoms with E-state index in [0.717, 1.165) is 32.3 Å². The third-order valence-electron chi connectivity index (χ3n) is 3.65. The van der Waals surface area contributed by atoms with Crippen LogP contribution in [0.4, 0.5) is 0 Å². The van der Waals surface area contributed by atoms with Gasteiger partial charge in [0, 0.05) is 6.04 Å². The molecule has 5 heteroatoms. The van der Waals surface area contributed by atoms with E-state index in [2.05, 4.69) is 5.32 Å². The summed E-state index contributed by atoms with van der Waals surface area (Å²) in [5.41, 5.74) is 1.28. The number of hydrogen-bond donors (Lipinski definition) is 1. The molecule has 17 heavy (non-hydrogen) atoms. The van der Waals surface area contributed by atoms with Crippen LogP contribution in [0.5, 0.6) is 0 Å². The summed E-state index contributed by atoms with van der Waals surface area (Å²) in [7, 11) is -0.824. The highest BCUT2D eigenvalue weighted by molar-refractivity contribution is 7.91. The van der Waals surface area contributed by atoms with Crippen LogP contribution < -0.4 is 5.32 Å². The lowest BCUT2D eigenvalue weighted by Gasteiger charge is -2.24. The first-order valence-electron chi connectivity index (χ1n) is 6.29. The minimum atomic E-state index is -2.76. The van der Waals surface area contributed by atoms with Gasteiger partial charge in [0.15, 0.2) is 9.84 Å². The molecule has 2 unspecified atom stereocenters. The van der Waals surface area contributed by atoms with Gasteiger partial charge in [-0.2, -0.15) is 0 Å². The predicted molar refractivity (Wildman–Crippen MR) is 67.5 cm³/mol. The van der Waals surface area contributed by atoms with E-state index < -0.39 is 9.84 Å². The van der Waals surface area contributed by atoms with Crippen LogP contribution in [0.1, 0.15) is 25.7 Å². The molecule has 0 saturated carbocycles. The average Bonchev–Trinajstić information content (AvgIpc) is 2.67. The molecule has 0 spiro atoms. The monoisotopic (exact) mass is 259 g/mol. The largest absolute Gasteiger partial charge is 0.501 e. The Hall–Kier alpha value is -0.550. The summed E-state index contributed by atoms with van der Waals surface area (Å²) in [5, 5.41) is 3.28. The van der Waals surface area contributed by atoms with Crippen molar-refractivity contribution in [1.29, 1.82) is 0 Å². The zero-order valence-corrected chi connectivity index (χ0v) is 11.1. The van der Waals surface area contributed by atoms with Crippen LogP contribution in [0, 0.1) is 5.92 Å². The normalized spacial score (nSPS) is 29.5. The standard InChI is InChI=1S/C12H21NO3S/c1-13-12(11-3-2-5-16-8-11)7-10-4-6-17(14,15)9-10/h8,10,12-13H,2-7,9H2,1H3. The van der Waals surface area contributed by atoms with Gasteiger partial charge < -0.3 is 10.1 Å². The second kappa shape index (κ2) is 5.40. The zero-order chi connectivity index (χ0) is 12.3. The quantitative estimate of drug-likeness (QED) is 0.821. The van der Waals surface area contributed by atoms with E-state index >= 15 is 0 Å². The molecule has 2 heterocycles. The Labute approximate surface area is 103 Å². The first-order chi connectivity index (χ1) is 8.11. The molecule has 4 nitrogen and oxygen atoms in total. The van der Waals surface area contributed by atoms with E-state index in [0.29, 0.717) is 17.4 Å². The summed E-state index contributed by atoms with van der Waals surface area (Å²) in [5.74, 6) is 1.03. The minimum absolute atomic E-state index is 0.272. The predicted octanol–water partition coefficient (Wildman–Crippen LogP) is 1.09. The van der Waals surface area contributed by atoms with Gasteiger partial charge in [-0.3, -0.25) is 0 Å². The lowest BCUT2D eigenvalue weighted by molar-refractivity contribution is 0.218. The molecule has 0 aromatic rings. The molecular formula is C12H21NO3S.